The Kier molecular flexibility index (Phi) is 6.08. The van der Waals surface area contributed by atoms with E-state index in [1.165, 1.54) is 40.3 Å². The molecule has 0 spiro atoms. The number of hydrogen-bond donors (Lipinski definition) is 2. The molecule has 2 N–H and O–H groups in total. The van der Waals surface area contributed by atoms with Gasteiger partial charge in [0.2, 0.25) is 0 Å². The van der Waals surface area contributed by atoms with Gasteiger partial charge < -0.3 is 10.6 Å². The zero-order chi connectivity index (χ0) is 17.6. The molecular formula is C20H28N4S. The van der Waals surface area contributed by atoms with Crippen LogP contribution >= 0.6 is 11.3 Å². The van der Waals surface area contributed by atoms with Gasteiger partial charge in [0.05, 0.1) is 10.7 Å². The minimum atomic E-state index is 0.577. The molecule has 134 valence electrons. The average Bonchev–Trinajstić information content (AvgIpc) is 2.95. The molecule has 1 unspecified atom stereocenters. The van der Waals surface area contributed by atoms with Gasteiger partial charge in [-0.2, -0.15) is 0 Å². The Balaban J connectivity index is 1.48. The van der Waals surface area contributed by atoms with Crippen LogP contribution in [0.2, 0.25) is 0 Å². The van der Waals surface area contributed by atoms with Crippen molar-refractivity contribution in [3.05, 3.63) is 51.0 Å². The number of hydrogen-bond acceptors (Lipinski definition) is 3. The molecule has 0 saturated heterocycles. The molecule has 5 heteroatoms. The van der Waals surface area contributed by atoms with Crippen molar-refractivity contribution in [3.63, 3.8) is 0 Å². The van der Waals surface area contributed by atoms with E-state index in [9.17, 15) is 0 Å². The lowest BCUT2D eigenvalue weighted by molar-refractivity contribution is 0.540. The maximum atomic E-state index is 4.60. The zero-order valence-corrected chi connectivity index (χ0v) is 16.2. The summed E-state index contributed by atoms with van der Waals surface area (Å²) in [4.78, 5) is 10.3. The van der Waals surface area contributed by atoms with E-state index in [1.54, 1.807) is 11.3 Å². The van der Waals surface area contributed by atoms with Crippen LogP contribution in [-0.2, 0) is 12.8 Å². The molecule has 0 amide bonds. The first-order valence-electron chi connectivity index (χ1n) is 9.12. The van der Waals surface area contributed by atoms with Gasteiger partial charge in [-0.25, -0.2) is 4.98 Å². The molecule has 1 aromatic heterocycles. The van der Waals surface area contributed by atoms with Crippen molar-refractivity contribution in [2.24, 2.45) is 4.99 Å². The molecule has 0 saturated carbocycles. The Morgan fingerprint density at radius 2 is 2.12 bits per heavy atom. The summed E-state index contributed by atoms with van der Waals surface area (Å²) in [6, 6.07) is 8.86. The van der Waals surface area contributed by atoms with Gasteiger partial charge in [0.25, 0.3) is 0 Å². The Labute approximate surface area is 154 Å². The van der Waals surface area contributed by atoms with Crippen molar-refractivity contribution in [3.8, 4) is 0 Å². The van der Waals surface area contributed by atoms with Gasteiger partial charge in [0.1, 0.15) is 0 Å². The molecule has 1 aliphatic carbocycles. The summed E-state index contributed by atoms with van der Waals surface area (Å²) in [5.74, 6) is 1.46. The number of rotatable bonds is 5. The lowest BCUT2D eigenvalue weighted by Gasteiger charge is -2.26. The first-order chi connectivity index (χ1) is 12.2. The molecule has 1 aliphatic rings. The van der Waals surface area contributed by atoms with Crippen LogP contribution in [0.15, 0.2) is 29.3 Å². The minimum absolute atomic E-state index is 0.577. The van der Waals surface area contributed by atoms with Crippen LogP contribution in [0.3, 0.4) is 0 Å². The molecule has 2 aromatic rings. The fourth-order valence-corrected chi connectivity index (χ4v) is 4.37. The lowest BCUT2D eigenvalue weighted by atomic mass is 9.83. The van der Waals surface area contributed by atoms with Crippen LogP contribution in [0, 0.1) is 13.8 Å². The molecule has 25 heavy (non-hydrogen) atoms. The van der Waals surface area contributed by atoms with E-state index in [-0.39, 0.29) is 0 Å². The number of nitrogens with zero attached hydrogens (tertiary/aromatic N) is 2. The number of aryl methyl sites for hydroxylation is 3. The van der Waals surface area contributed by atoms with Gasteiger partial charge in [-0.3, -0.25) is 4.99 Å². The number of benzene rings is 1. The Morgan fingerprint density at radius 1 is 1.28 bits per heavy atom. The minimum Gasteiger partial charge on any atom is -0.356 e. The summed E-state index contributed by atoms with van der Waals surface area (Å²) in [6.45, 7) is 6.00. The molecule has 0 fully saturated rings. The third-order valence-corrected chi connectivity index (χ3v) is 6.07. The van der Waals surface area contributed by atoms with E-state index in [0.29, 0.717) is 5.92 Å². The van der Waals surface area contributed by atoms with Gasteiger partial charge in [0, 0.05) is 37.4 Å². The first-order valence-corrected chi connectivity index (χ1v) is 9.94. The summed E-state index contributed by atoms with van der Waals surface area (Å²) in [6.07, 6.45) is 4.68. The third-order valence-electron chi connectivity index (χ3n) is 4.94. The van der Waals surface area contributed by atoms with Crippen molar-refractivity contribution >= 4 is 17.3 Å². The molecular weight excluding hydrogens is 328 g/mol. The smallest absolute Gasteiger partial charge is 0.191 e. The Morgan fingerprint density at radius 3 is 2.88 bits per heavy atom. The summed E-state index contributed by atoms with van der Waals surface area (Å²) in [7, 11) is 1.84. The van der Waals surface area contributed by atoms with Gasteiger partial charge >= 0.3 is 0 Å². The third kappa shape index (κ3) is 4.60. The van der Waals surface area contributed by atoms with E-state index < -0.39 is 0 Å². The van der Waals surface area contributed by atoms with Crippen LogP contribution < -0.4 is 10.6 Å². The summed E-state index contributed by atoms with van der Waals surface area (Å²) >= 11 is 1.79. The highest BCUT2D eigenvalue weighted by Gasteiger charge is 2.19. The SMILES string of the molecule is CN=C(NCCc1nc(C)c(C)s1)NCC1CCCc2ccccc21. The largest absolute Gasteiger partial charge is 0.356 e. The van der Waals surface area contributed by atoms with Crippen molar-refractivity contribution in [2.75, 3.05) is 20.1 Å². The maximum Gasteiger partial charge on any atom is 0.191 e. The second-order valence-corrected chi connectivity index (χ2v) is 7.95. The number of nitrogens with one attached hydrogen (secondary N) is 2. The molecule has 1 aromatic carbocycles. The highest BCUT2D eigenvalue weighted by molar-refractivity contribution is 7.11. The Bertz CT molecular complexity index is 716. The van der Waals surface area contributed by atoms with Crippen molar-refractivity contribution < 1.29 is 0 Å². The van der Waals surface area contributed by atoms with Gasteiger partial charge in [-0.15, -0.1) is 11.3 Å². The normalized spacial score (nSPS) is 17.2. The van der Waals surface area contributed by atoms with Crippen LogP contribution in [0.4, 0.5) is 0 Å². The highest BCUT2D eigenvalue weighted by atomic mass is 32.1. The number of guanidine groups is 1. The molecule has 4 nitrogen and oxygen atoms in total. The van der Waals surface area contributed by atoms with E-state index in [4.69, 9.17) is 0 Å². The monoisotopic (exact) mass is 356 g/mol. The summed E-state index contributed by atoms with van der Waals surface area (Å²) in [5.41, 5.74) is 4.17. The lowest BCUT2D eigenvalue weighted by Crippen LogP contribution is -2.40. The van der Waals surface area contributed by atoms with Crippen LogP contribution in [0.5, 0.6) is 0 Å². The molecule has 3 rings (SSSR count). The molecule has 1 heterocycles. The molecule has 0 aliphatic heterocycles. The summed E-state index contributed by atoms with van der Waals surface area (Å²) < 4.78 is 0. The summed E-state index contributed by atoms with van der Waals surface area (Å²) in [5, 5.41) is 8.11. The number of thiazole rings is 1. The van der Waals surface area contributed by atoms with Crippen LogP contribution in [0.1, 0.15) is 45.5 Å². The quantitative estimate of drug-likeness (QED) is 0.636. The second-order valence-electron chi connectivity index (χ2n) is 6.67. The van der Waals surface area contributed by atoms with Crippen molar-refractivity contribution in [1.82, 2.24) is 15.6 Å². The predicted octanol–water partition coefficient (Wildman–Crippen LogP) is 3.59. The van der Waals surface area contributed by atoms with Gasteiger partial charge in [0.15, 0.2) is 5.96 Å². The van der Waals surface area contributed by atoms with Crippen LogP contribution in [0.25, 0.3) is 0 Å². The fraction of sp³-hybridized carbons (Fsp3) is 0.500. The zero-order valence-electron chi connectivity index (χ0n) is 15.4. The molecule has 0 radical (unpaired) electrons. The van der Waals surface area contributed by atoms with E-state index >= 15 is 0 Å². The van der Waals surface area contributed by atoms with Crippen molar-refractivity contribution in [1.29, 1.82) is 0 Å². The molecule has 1 atom stereocenters. The average molecular weight is 357 g/mol. The molecule has 0 bridgehead atoms. The standard InChI is InChI=1S/C20H28N4S/c1-14-15(2)25-19(24-14)11-12-22-20(21-3)23-13-17-9-6-8-16-7-4-5-10-18(16)17/h4-5,7,10,17H,6,8-9,11-13H2,1-3H3,(H2,21,22,23). The van der Waals surface area contributed by atoms with E-state index in [1.807, 2.05) is 7.05 Å². The van der Waals surface area contributed by atoms with E-state index in [0.717, 1.165) is 31.2 Å². The van der Waals surface area contributed by atoms with Crippen molar-refractivity contribution in [2.45, 2.75) is 45.4 Å². The van der Waals surface area contributed by atoms with Crippen LogP contribution in [-0.4, -0.2) is 31.1 Å². The topological polar surface area (TPSA) is 49.3 Å². The van der Waals surface area contributed by atoms with Gasteiger partial charge in [-0.1, -0.05) is 24.3 Å². The highest BCUT2D eigenvalue weighted by Crippen LogP contribution is 2.30. The van der Waals surface area contributed by atoms with Gasteiger partial charge in [-0.05, 0) is 44.2 Å². The number of aliphatic imine (C=N–C) groups is 1. The fourth-order valence-electron chi connectivity index (χ4n) is 3.44. The first kappa shape index (κ1) is 17.9. The predicted molar refractivity (Wildman–Crippen MR) is 107 cm³/mol. The number of aromatic nitrogens is 1. The number of fused-ring (bicyclic) bond motifs is 1. The maximum absolute atomic E-state index is 4.60. The van der Waals surface area contributed by atoms with E-state index in [2.05, 4.69) is 58.7 Å². The second kappa shape index (κ2) is 8.48. The Hall–Kier alpha value is -1.88.